The van der Waals surface area contributed by atoms with Gasteiger partial charge < -0.3 is 10.1 Å². The third kappa shape index (κ3) is 3.66. The minimum absolute atomic E-state index is 0.515. The van der Waals surface area contributed by atoms with Crippen molar-refractivity contribution in [3.63, 3.8) is 0 Å². The van der Waals surface area contributed by atoms with Crippen molar-refractivity contribution in [1.82, 2.24) is 5.32 Å². The Morgan fingerprint density at radius 3 is 2.57 bits per heavy atom. The number of nitrogens with one attached hydrogen (secondary N) is 1. The normalized spacial score (nSPS) is 9.57. The van der Waals surface area contributed by atoms with Crippen LogP contribution in [0.15, 0.2) is 24.3 Å². The van der Waals surface area contributed by atoms with Crippen LogP contribution in [0.25, 0.3) is 0 Å². The van der Waals surface area contributed by atoms with Gasteiger partial charge in [-0.3, -0.25) is 4.79 Å². The van der Waals surface area contributed by atoms with Gasteiger partial charge >= 0.3 is 5.37 Å². The number of amides is 1. The lowest BCUT2D eigenvalue weighted by Gasteiger charge is -2.03. The summed E-state index contributed by atoms with van der Waals surface area (Å²) in [5.74, 6) is 0.829. The number of benzene rings is 1. The molecule has 0 aliphatic rings. The Hall–Kier alpha value is -1.22. The Labute approximate surface area is 88.0 Å². The van der Waals surface area contributed by atoms with E-state index in [1.165, 1.54) is 0 Å². The number of ether oxygens (including phenoxy) is 1. The zero-order chi connectivity index (χ0) is 10.4. The standard InChI is InChI=1S/C10H12ClNO2/c1-14-9-4-2-8(3-5-9)6-7-12-10(11)13/h2-5H,6-7H2,1H3,(H,12,13). The molecule has 0 aromatic heterocycles. The number of carbonyl (C=O) groups excluding carboxylic acids is 1. The zero-order valence-corrected chi connectivity index (χ0v) is 8.67. The van der Waals surface area contributed by atoms with E-state index in [1.807, 2.05) is 24.3 Å². The molecule has 0 aliphatic heterocycles. The topological polar surface area (TPSA) is 38.3 Å². The number of carbonyl (C=O) groups is 1. The van der Waals surface area contributed by atoms with Crippen LogP contribution in [0.5, 0.6) is 5.75 Å². The van der Waals surface area contributed by atoms with E-state index in [1.54, 1.807) is 7.11 Å². The molecule has 76 valence electrons. The molecule has 1 amide bonds. The Morgan fingerprint density at radius 1 is 1.43 bits per heavy atom. The summed E-state index contributed by atoms with van der Waals surface area (Å²) in [6, 6.07) is 7.69. The molecule has 0 fully saturated rings. The smallest absolute Gasteiger partial charge is 0.313 e. The molecule has 0 unspecified atom stereocenters. The summed E-state index contributed by atoms with van der Waals surface area (Å²) in [6.45, 7) is 0.550. The van der Waals surface area contributed by atoms with Gasteiger partial charge in [-0.1, -0.05) is 12.1 Å². The number of rotatable bonds is 4. The van der Waals surface area contributed by atoms with Crippen molar-refractivity contribution < 1.29 is 9.53 Å². The molecule has 1 N–H and O–H groups in total. The van der Waals surface area contributed by atoms with Crippen LogP contribution in [-0.4, -0.2) is 19.0 Å². The van der Waals surface area contributed by atoms with Crippen molar-refractivity contribution in [2.75, 3.05) is 13.7 Å². The molecule has 14 heavy (non-hydrogen) atoms. The van der Waals surface area contributed by atoms with Crippen LogP contribution >= 0.6 is 11.6 Å². The lowest BCUT2D eigenvalue weighted by atomic mass is 10.1. The average Bonchev–Trinajstić information content (AvgIpc) is 2.18. The molecule has 0 radical (unpaired) electrons. The first-order valence-corrected chi connectivity index (χ1v) is 4.66. The first-order chi connectivity index (χ1) is 6.72. The van der Waals surface area contributed by atoms with Crippen LogP contribution in [0.2, 0.25) is 0 Å². The van der Waals surface area contributed by atoms with Crippen molar-refractivity contribution in [2.45, 2.75) is 6.42 Å². The van der Waals surface area contributed by atoms with Gasteiger partial charge in [0.15, 0.2) is 0 Å². The minimum Gasteiger partial charge on any atom is -0.497 e. The number of hydrogen-bond acceptors (Lipinski definition) is 2. The largest absolute Gasteiger partial charge is 0.497 e. The second kappa shape index (κ2) is 5.50. The molecule has 0 aliphatic carbocycles. The van der Waals surface area contributed by atoms with E-state index in [0.717, 1.165) is 17.7 Å². The highest BCUT2D eigenvalue weighted by atomic mass is 35.5. The maximum absolute atomic E-state index is 10.4. The quantitative estimate of drug-likeness (QED) is 0.615. The molecular weight excluding hydrogens is 202 g/mol. The highest BCUT2D eigenvalue weighted by Gasteiger charge is 1.96. The molecule has 0 atom stereocenters. The molecule has 0 bridgehead atoms. The predicted octanol–water partition coefficient (Wildman–Crippen LogP) is 2.19. The lowest BCUT2D eigenvalue weighted by Crippen LogP contribution is -2.19. The number of halogens is 1. The SMILES string of the molecule is COc1ccc(CCNC(=O)Cl)cc1. The van der Waals surface area contributed by atoms with E-state index in [4.69, 9.17) is 16.3 Å². The first-order valence-electron chi connectivity index (χ1n) is 4.28. The summed E-state index contributed by atoms with van der Waals surface area (Å²) in [5.41, 5.74) is 1.14. The third-order valence-electron chi connectivity index (χ3n) is 1.84. The van der Waals surface area contributed by atoms with Gasteiger partial charge in [0.2, 0.25) is 0 Å². The van der Waals surface area contributed by atoms with Gasteiger partial charge in [0.05, 0.1) is 7.11 Å². The Bertz CT molecular complexity index is 297. The maximum atomic E-state index is 10.4. The van der Waals surface area contributed by atoms with Crippen molar-refractivity contribution in [1.29, 1.82) is 0 Å². The van der Waals surface area contributed by atoms with Crippen molar-refractivity contribution in [3.05, 3.63) is 29.8 Å². The number of methoxy groups -OCH3 is 1. The highest BCUT2D eigenvalue weighted by Crippen LogP contribution is 2.11. The second-order valence-corrected chi connectivity index (χ2v) is 3.14. The van der Waals surface area contributed by atoms with Gasteiger partial charge in [-0.15, -0.1) is 0 Å². The fourth-order valence-corrected chi connectivity index (χ4v) is 1.19. The average molecular weight is 214 g/mol. The predicted molar refractivity (Wildman–Crippen MR) is 55.9 cm³/mol. The zero-order valence-electron chi connectivity index (χ0n) is 7.92. The molecule has 0 saturated heterocycles. The van der Waals surface area contributed by atoms with Crippen LogP contribution in [0, 0.1) is 0 Å². The van der Waals surface area contributed by atoms with Gasteiger partial charge in [0.1, 0.15) is 5.75 Å². The van der Waals surface area contributed by atoms with Crippen LogP contribution < -0.4 is 10.1 Å². The van der Waals surface area contributed by atoms with Gasteiger partial charge in [-0.05, 0) is 35.7 Å². The maximum Gasteiger partial charge on any atom is 0.313 e. The fourth-order valence-electron chi connectivity index (χ4n) is 1.10. The molecule has 0 heterocycles. The highest BCUT2D eigenvalue weighted by molar-refractivity contribution is 6.62. The van der Waals surface area contributed by atoms with Gasteiger partial charge in [-0.2, -0.15) is 0 Å². The van der Waals surface area contributed by atoms with E-state index in [9.17, 15) is 4.79 Å². The minimum atomic E-state index is -0.515. The van der Waals surface area contributed by atoms with Crippen molar-refractivity contribution in [2.24, 2.45) is 0 Å². The van der Waals surface area contributed by atoms with Crippen LogP contribution in [0.3, 0.4) is 0 Å². The van der Waals surface area contributed by atoms with E-state index < -0.39 is 5.37 Å². The lowest BCUT2D eigenvalue weighted by molar-refractivity contribution is 0.260. The molecule has 0 spiro atoms. The summed E-state index contributed by atoms with van der Waals surface area (Å²) in [4.78, 5) is 10.4. The molecule has 1 aromatic rings. The van der Waals surface area contributed by atoms with Crippen molar-refractivity contribution >= 4 is 17.0 Å². The van der Waals surface area contributed by atoms with Gasteiger partial charge in [-0.25, -0.2) is 0 Å². The van der Waals surface area contributed by atoms with E-state index in [0.29, 0.717) is 6.54 Å². The van der Waals surface area contributed by atoms with E-state index in [2.05, 4.69) is 5.32 Å². The van der Waals surface area contributed by atoms with Crippen LogP contribution in [-0.2, 0) is 6.42 Å². The molecule has 4 heteroatoms. The number of hydrogen-bond donors (Lipinski definition) is 1. The van der Waals surface area contributed by atoms with E-state index >= 15 is 0 Å². The summed E-state index contributed by atoms with van der Waals surface area (Å²) in [7, 11) is 1.63. The second-order valence-electron chi connectivity index (χ2n) is 2.80. The summed E-state index contributed by atoms with van der Waals surface area (Å²) in [5, 5.41) is 2.00. The van der Waals surface area contributed by atoms with Crippen molar-refractivity contribution in [3.8, 4) is 5.75 Å². The monoisotopic (exact) mass is 213 g/mol. The third-order valence-corrected chi connectivity index (χ3v) is 1.97. The van der Waals surface area contributed by atoms with E-state index in [-0.39, 0.29) is 0 Å². The fraction of sp³-hybridized carbons (Fsp3) is 0.300. The van der Waals surface area contributed by atoms with Crippen LogP contribution in [0.1, 0.15) is 5.56 Å². The molecular formula is C10H12ClNO2. The summed E-state index contributed by atoms with van der Waals surface area (Å²) in [6.07, 6.45) is 0.766. The van der Waals surface area contributed by atoms with Gasteiger partial charge in [0, 0.05) is 6.54 Å². The van der Waals surface area contributed by atoms with Gasteiger partial charge in [0.25, 0.3) is 0 Å². The summed E-state index contributed by atoms with van der Waals surface area (Å²) < 4.78 is 5.02. The Balaban J connectivity index is 2.40. The summed E-state index contributed by atoms with van der Waals surface area (Å²) >= 11 is 5.12. The Morgan fingerprint density at radius 2 is 2.07 bits per heavy atom. The molecule has 1 rings (SSSR count). The van der Waals surface area contributed by atoms with Crippen LogP contribution in [0.4, 0.5) is 4.79 Å². The molecule has 3 nitrogen and oxygen atoms in total. The first kappa shape index (κ1) is 10.9. The molecule has 0 saturated carbocycles. The molecule has 1 aromatic carbocycles. The Kier molecular flexibility index (Phi) is 4.26.